The summed E-state index contributed by atoms with van der Waals surface area (Å²) in [5.74, 6) is 0.0617. The van der Waals surface area contributed by atoms with Crippen molar-refractivity contribution in [1.29, 1.82) is 0 Å². The molecule has 3 rings (SSSR count). The molecule has 0 bridgehead atoms. The molecular formula is C21H28N4O. The van der Waals surface area contributed by atoms with E-state index in [-0.39, 0.29) is 5.91 Å². The molecule has 0 unspecified atom stereocenters. The van der Waals surface area contributed by atoms with Gasteiger partial charge in [0.05, 0.1) is 0 Å². The van der Waals surface area contributed by atoms with Crippen molar-refractivity contribution >= 4 is 17.3 Å². The summed E-state index contributed by atoms with van der Waals surface area (Å²) in [6.07, 6.45) is 0.517. The average molecular weight is 352 g/mol. The molecule has 0 spiro atoms. The predicted molar refractivity (Wildman–Crippen MR) is 107 cm³/mol. The van der Waals surface area contributed by atoms with E-state index in [1.54, 1.807) is 0 Å². The Morgan fingerprint density at radius 2 is 1.81 bits per heavy atom. The molecule has 2 aromatic rings. The van der Waals surface area contributed by atoms with Crippen LogP contribution < -0.4 is 16.0 Å². The third-order valence-electron chi connectivity index (χ3n) is 4.87. The minimum Gasteiger partial charge on any atom is -0.369 e. The highest BCUT2D eigenvalue weighted by atomic mass is 16.1. The van der Waals surface area contributed by atoms with Gasteiger partial charge >= 0.3 is 0 Å². The smallest absolute Gasteiger partial charge is 0.225 e. The first-order chi connectivity index (χ1) is 12.6. The maximum Gasteiger partial charge on any atom is 0.225 e. The Kier molecular flexibility index (Phi) is 6.26. The quantitative estimate of drug-likeness (QED) is 0.839. The number of carbonyl (C=O) groups excluding carboxylic acids is 1. The number of nitrogens with two attached hydrogens (primary N) is 1. The first-order valence-corrected chi connectivity index (χ1v) is 9.27. The summed E-state index contributed by atoms with van der Waals surface area (Å²) in [7, 11) is 0. The van der Waals surface area contributed by atoms with Crippen LogP contribution in [0.5, 0.6) is 0 Å². The molecule has 0 atom stereocenters. The monoisotopic (exact) mass is 352 g/mol. The van der Waals surface area contributed by atoms with Gasteiger partial charge in [0.2, 0.25) is 5.91 Å². The predicted octanol–water partition coefficient (Wildman–Crippen LogP) is 2.60. The van der Waals surface area contributed by atoms with Gasteiger partial charge in [0.25, 0.3) is 0 Å². The van der Waals surface area contributed by atoms with Gasteiger partial charge in [-0.05, 0) is 42.3 Å². The number of aryl methyl sites for hydroxylation is 1. The fourth-order valence-corrected chi connectivity index (χ4v) is 3.26. The number of benzene rings is 2. The van der Waals surface area contributed by atoms with Crippen molar-refractivity contribution in [1.82, 2.24) is 4.90 Å². The largest absolute Gasteiger partial charge is 0.369 e. The van der Waals surface area contributed by atoms with Crippen LogP contribution in [-0.4, -0.2) is 43.5 Å². The number of nitrogens with zero attached hydrogens (tertiary/aromatic N) is 2. The van der Waals surface area contributed by atoms with E-state index >= 15 is 0 Å². The van der Waals surface area contributed by atoms with Crippen LogP contribution in [-0.2, 0) is 11.3 Å². The second-order valence-corrected chi connectivity index (χ2v) is 6.87. The topological polar surface area (TPSA) is 61.6 Å². The van der Waals surface area contributed by atoms with E-state index in [1.807, 2.05) is 24.3 Å². The van der Waals surface area contributed by atoms with Crippen molar-refractivity contribution < 1.29 is 4.79 Å². The lowest BCUT2D eigenvalue weighted by atomic mass is 10.2. The van der Waals surface area contributed by atoms with Gasteiger partial charge < -0.3 is 16.0 Å². The molecule has 1 saturated heterocycles. The summed E-state index contributed by atoms with van der Waals surface area (Å²) in [5.41, 5.74) is 10.1. The SMILES string of the molecule is Cc1cccc(N2CCN(CCC(=O)Nc3ccc(CN)cc3)CC2)c1. The fraction of sp³-hybridized carbons (Fsp3) is 0.381. The van der Waals surface area contributed by atoms with Crippen molar-refractivity contribution in [3.8, 4) is 0 Å². The van der Waals surface area contributed by atoms with Gasteiger partial charge in [0, 0.05) is 57.1 Å². The normalized spacial score (nSPS) is 15.1. The number of nitrogens with one attached hydrogen (secondary N) is 1. The zero-order chi connectivity index (χ0) is 18.4. The van der Waals surface area contributed by atoms with Gasteiger partial charge in [-0.3, -0.25) is 9.69 Å². The van der Waals surface area contributed by atoms with Gasteiger partial charge in [-0.1, -0.05) is 24.3 Å². The van der Waals surface area contributed by atoms with Crippen LogP contribution in [0.15, 0.2) is 48.5 Å². The molecular weight excluding hydrogens is 324 g/mol. The molecule has 26 heavy (non-hydrogen) atoms. The lowest BCUT2D eigenvalue weighted by Gasteiger charge is -2.36. The van der Waals surface area contributed by atoms with Crippen molar-refractivity contribution in [2.24, 2.45) is 5.73 Å². The Hall–Kier alpha value is -2.37. The Balaban J connectivity index is 1.41. The molecule has 1 aliphatic heterocycles. The minimum absolute atomic E-state index is 0.0617. The van der Waals surface area contributed by atoms with Crippen molar-refractivity contribution in [3.05, 3.63) is 59.7 Å². The first kappa shape index (κ1) is 18.4. The number of hydrogen-bond donors (Lipinski definition) is 2. The molecule has 1 heterocycles. The second-order valence-electron chi connectivity index (χ2n) is 6.87. The number of anilines is 2. The first-order valence-electron chi connectivity index (χ1n) is 9.27. The molecule has 0 radical (unpaired) electrons. The summed E-state index contributed by atoms with van der Waals surface area (Å²) in [4.78, 5) is 16.9. The molecule has 3 N–H and O–H groups in total. The third-order valence-corrected chi connectivity index (χ3v) is 4.87. The van der Waals surface area contributed by atoms with Crippen molar-refractivity contribution in [2.45, 2.75) is 19.9 Å². The van der Waals surface area contributed by atoms with Crippen molar-refractivity contribution in [2.75, 3.05) is 42.9 Å². The summed E-state index contributed by atoms with van der Waals surface area (Å²) < 4.78 is 0. The Morgan fingerprint density at radius 3 is 2.46 bits per heavy atom. The number of hydrogen-bond acceptors (Lipinski definition) is 4. The molecule has 1 fully saturated rings. The van der Waals surface area contributed by atoms with E-state index in [0.717, 1.165) is 44.0 Å². The van der Waals surface area contributed by atoms with Gasteiger partial charge in [0.15, 0.2) is 0 Å². The number of rotatable bonds is 6. The standard InChI is InChI=1S/C21H28N4O/c1-17-3-2-4-20(15-17)25-13-11-24(12-14-25)10-9-21(26)23-19-7-5-18(16-22)6-8-19/h2-8,15H,9-14,16,22H2,1H3,(H,23,26). The molecule has 0 aromatic heterocycles. The van der Waals surface area contributed by atoms with Crippen molar-refractivity contribution in [3.63, 3.8) is 0 Å². The van der Waals surface area contributed by atoms with Gasteiger partial charge in [-0.25, -0.2) is 0 Å². The number of piperazine rings is 1. The van der Waals surface area contributed by atoms with E-state index in [2.05, 4.69) is 46.3 Å². The van der Waals surface area contributed by atoms with E-state index in [9.17, 15) is 4.79 Å². The van der Waals surface area contributed by atoms with Crippen LogP contribution in [0.3, 0.4) is 0 Å². The molecule has 1 aliphatic rings. The molecule has 5 heteroatoms. The van der Waals surface area contributed by atoms with E-state index in [1.165, 1.54) is 11.3 Å². The molecule has 2 aromatic carbocycles. The van der Waals surface area contributed by atoms with Crippen LogP contribution in [0.25, 0.3) is 0 Å². The zero-order valence-corrected chi connectivity index (χ0v) is 15.4. The summed E-state index contributed by atoms with van der Waals surface area (Å²) in [5, 5.41) is 2.96. The van der Waals surface area contributed by atoms with Gasteiger partial charge in [0.1, 0.15) is 0 Å². The van der Waals surface area contributed by atoms with E-state index < -0.39 is 0 Å². The van der Waals surface area contributed by atoms with Crippen LogP contribution in [0.4, 0.5) is 11.4 Å². The highest BCUT2D eigenvalue weighted by Crippen LogP contribution is 2.18. The Labute approximate surface area is 155 Å². The minimum atomic E-state index is 0.0617. The molecule has 0 saturated carbocycles. The Morgan fingerprint density at radius 1 is 1.08 bits per heavy atom. The van der Waals surface area contributed by atoms with Gasteiger partial charge in [-0.15, -0.1) is 0 Å². The molecule has 5 nitrogen and oxygen atoms in total. The molecule has 1 amide bonds. The average Bonchev–Trinajstić information content (AvgIpc) is 2.67. The van der Waals surface area contributed by atoms with E-state index in [0.29, 0.717) is 13.0 Å². The Bertz CT molecular complexity index is 721. The number of amides is 1. The van der Waals surface area contributed by atoms with Gasteiger partial charge in [-0.2, -0.15) is 0 Å². The van der Waals surface area contributed by atoms with Crippen LogP contribution in [0.1, 0.15) is 17.5 Å². The van der Waals surface area contributed by atoms with Crippen LogP contribution in [0.2, 0.25) is 0 Å². The maximum absolute atomic E-state index is 12.2. The highest BCUT2D eigenvalue weighted by Gasteiger charge is 2.17. The zero-order valence-electron chi connectivity index (χ0n) is 15.4. The number of carbonyl (C=O) groups is 1. The summed E-state index contributed by atoms with van der Waals surface area (Å²) in [6, 6.07) is 16.3. The molecule has 0 aliphatic carbocycles. The highest BCUT2D eigenvalue weighted by molar-refractivity contribution is 5.90. The van der Waals surface area contributed by atoms with E-state index in [4.69, 9.17) is 5.73 Å². The fourth-order valence-electron chi connectivity index (χ4n) is 3.26. The summed E-state index contributed by atoms with van der Waals surface area (Å²) in [6.45, 7) is 7.44. The maximum atomic E-state index is 12.2. The second kappa shape index (κ2) is 8.83. The summed E-state index contributed by atoms with van der Waals surface area (Å²) >= 11 is 0. The third kappa shape index (κ3) is 5.07. The van der Waals surface area contributed by atoms with Crippen LogP contribution in [0, 0.1) is 6.92 Å². The van der Waals surface area contributed by atoms with Crippen LogP contribution >= 0.6 is 0 Å². The lowest BCUT2D eigenvalue weighted by molar-refractivity contribution is -0.116. The molecule has 138 valence electrons. The lowest BCUT2D eigenvalue weighted by Crippen LogP contribution is -2.47.